The van der Waals surface area contributed by atoms with Gasteiger partial charge in [0, 0.05) is 71.1 Å². The number of unbranched alkanes of at least 4 members (excludes halogenated alkanes) is 21. The van der Waals surface area contributed by atoms with Gasteiger partial charge in [-0.15, -0.1) is 0 Å². The first-order chi connectivity index (χ1) is 43.6. The molecule has 1 saturated carbocycles. The summed E-state index contributed by atoms with van der Waals surface area (Å²) in [6, 6.07) is 13.6. The number of hydrogen-bond acceptors (Lipinski definition) is 12. The summed E-state index contributed by atoms with van der Waals surface area (Å²) in [6.45, 7) is 13.1. The Morgan fingerprint density at radius 3 is 0.744 bits per heavy atom. The standard InChI is InChI=1S/C72H108N6O12/c1-7-13-19-22-25-31-37-88-70(85)55-43-58(73-64(79)34-28-16-10-4)49-61(46-55)76-67(82)52-40-53(68(83)77-62-47-56(71(86)89-38-32-26-23-20-14-8-2)44-59(50-62)74-65(80)35-29-17-11-5)42-54(41-52)69(84)78-63-48-57(72(87)90-39-33-27-24-21-15-9-3)45-60(51-63)75-66(81)36-30-18-12-6/h43-54H,7-42H2,1-6H3,(H,73,79)(H,74,80)(H,75,81)(H,76,82)(H,77,83)(H,78,84). The minimum Gasteiger partial charge on any atom is -0.462 e. The molecule has 1 aliphatic rings. The van der Waals surface area contributed by atoms with Gasteiger partial charge in [0.25, 0.3) is 0 Å². The fourth-order valence-corrected chi connectivity index (χ4v) is 11.0. The summed E-state index contributed by atoms with van der Waals surface area (Å²) >= 11 is 0. The third kappa shape index (κ3) is 30.1. The van der Waals surface area contributed by atoms with Crippen molar-refractivity contribution in [2.24, 2.45) is 17.8 Å². The number of anilines is 6. The normalized spacial score (nSPS) is 14.4. The Morgan fingerprint density at radius 1 is 0.289 bits per heavy atom. The van der Waals surface area contributed by atoms with Gasteiger partial charge in [0.15, 0.2) is 0 Å². The van der Waals surface area contributed by atoms with Gasteiger partial charge in [0.05, 0.1) is 36.5 Å². The van der Waals surface area contributed by atoms with Gasteiger partial charge in [-0.3, -0.25) is 28.8 Å². The number of nitrogens with one attached hydrogen (secondary N) is 6. The quantitative estimate of drug-likeness (QED) is 0.0176. The van der Waals surface area contributed by atoms with Crippen molar-refractivity contribution in [2.75, 3.05) is 51.7 Å². The highest BCUT2D eigenvalue weighted by Crippen LogP contribution is 2.37. The van der Waals surface area contributed by atoms with Gasteiger partial charge in [0.2, 0.25) is 35.4 Å². The highest BCUT2D eigenvalue weighted by molar-refractivity contribution is 6.03. The Bertz CT molecular complexity index is 2430. The van der Waals surface area contributed by atoms with Gasteiger partial charge in [-0.25, -0.2) is 14.4 Å². The number of esters is 3. The lowest BCUT2D eigenvalue weighted by molar-refractivity contribution is -0.129. The van der Waals surface area contributed by atoms with E-state index in [0.717, 1.165) is 135 Å². The van der Waals surface area contributed by atoms with Crippen LogP contribution in [0.1, 0.15) is 285 Å². The van der Waals surface area contributed by atoms with Crippen LogP contribution in [0.3, 0.4) is 0 Å². The fraction of sp³-hybridized carbons (Fsp3) is 0.625. The molecule has 6 N–H and O–H groups in total. The number of benzene rings is 3. The largest absolute Gasteiger partial charge is 0.462 e. The van der Waals surface area contributed by atoms with E-state index < -0.39 is 53.4 Å². The summed E-state index contributed by atoms with van der Waals surface area (Å²) in [5, 5.41) is 17.5. The lowest BCUT2D eigenvalue weighted by Gasteiger charge is -2.33. The molecule has 0 spiro atoms. The molecule has 0 aliphatic heterocycles. The van der Waals surface area contributed by atoms with E-state index in [2.05, 4.69) is 52.7 Å². The highest BCUT2D eigenvalue weighted by atomic mass is 16.5. The van der Waals surface area contributed by atoms with Crippen LogP contribution in [0.4, 0.5) is 34.1 Å². The van der Waals surface area contributed by atoms with Gasteiger partial charge < -0.3 is 46.1 Å². The number of hydrogen-bond donors (Lipinski definition) is 6. The first kappa shape index (κ1) is 75.3. The van der Waals surface area contributed by atoms with Crippen LogP contribution in [-0.4, -0.2) is 73.2 Å². The predicted molar refractivity (Wildman–Crippen MR) is 359 cm³/mol. The van der Waals surface area contributed by atoms with Crippen LogP contribution >= 0.6 is 0 Å². The molecular formula is C72H108N6O12. The smallest absolute Gasteiger partial charge is 0.338 e. The number of amides is 6. The van der Waals surface area contributed by atoms with E-state index in [0.29, 0.717) is 38.5 Å². The molecule has 18 heteroatoms. The summed E-state index contributed by atoms with van der Waals surface area (Å²) in [7, 11) is 0. The summed E-state index contributed by atoms with van der Waals surface area (Å²) in [5.41, 5.74) is 1.68. The molecule has 498 valence electrons. The third-order valence-corrected chi connectivity index (χ3v) is 16.2. The maximum absolute atomic E-state index is 14.8. The van der Waals surface area contributed by atoms with Crippen LogP contribution in [0.2, 0.25) is 0 Å². The summed E-state index contributed by atoms with van der Waals surface area (Å²) in [5.74, 6) is -7.30. The molecule has 1 fully saturated rings. The topological polar surface area (TPSA) is 253 Å². The van der Waals surface area contributed by atoms with Gasteiger partial charge in [-0.1, -0.05) is 176 Å². The molecule has 90 heavy (non-hydrogen) atoms. The Balaban J connectivity index is 1.72. The molecule has 3 aromatic rings. The number of ether oxygens (including phenoxy) is 3. The van der Waals surface area contributed by atoms with Crippen molar-refractivity contribution in [2.45, 2.75) is 253 Å². The van der Waals surface area contributed by atoms with Crippen LogP contribution in [0.5, 0.6) is 0 Å². The molecule has 0 aromatic heterocycles. The van der Waals surface area contributed by atoms with Crippen molar-refractivity contribution in [3.63, 3.8) is 0 Å². The van der Waals surface area contributed by atoms with Crippen LogP contribution < -0.4 is 31.9 Å². The molecule has 0 unspecified atom stereocenters. The molecule has 3 aromatic carbocycles. The van der Waals surface area contributed by atoms with Crippen molar-refractivity contribution in [1.82, 2.24) is 0 Å². The van der Waals surface area contributed by atoms with E-state index in [9.17, 15) is 43.2 Å². The van der Waals surface area contributed by atoms with Gasteiger partial charge in [0.1, 0.15) is 0 Å². The van der Waals surface area contributed by atoms with Crippen molar-refractivity contribution < 1.29 is 57.4 Å². The number of carbonyl (C=O) groups excluding carboxylic acids is 9. The highest BCUT2D eigenvalue weighted by Gasteiger charge is 2.40. The predicted octanol–water partition coefficient (Wildman–Crippen LogP) is 17.0. The first-order valence-corrected chi connectivity index (χ1v) is 34.4. The number of carbonyl (C=O) groups is 9. The van der Waals surface area contributed by atoms with E-state index in [4.69, 9.17) is 14.2 Å². The SMILES string of the molecule is CCCCCCCCOC(=O)c1cc(NC(=O)CCCCC)cc(NC(=O)C2CC(C(=O)Nc3cc(NC(=O)CCCCC)cc(C(=O)OCCCCCCCC)c3)CC(C(=O)Nc3cc(NC(=O)CCCCC)cc(C(=O)OCCCCCCCC)c3)C2)c1. The first-order valence-electron chi connectivity index (χ1n) is 34.4. The van der Waals surface area contributed by atoms with Crippen LogP contribution in [0.25, 0.3) is 0 Å². The van der Waals surface area contributed by atoms with Gasteiger partial charge in [-0.05, 0) is 112 Å². The molecule has 0 atom stereocenters. The summed E-state index contributed by atoms with van der Waals surface area (Å²) in [4.78, 5) is 125. The van der Waals surface area contributed by atoms with Crippen molar-refractivity contribution >= 4 is 87.5 Å². The van der Waals surface area contributed by atoms with Crippen molar-refractivity contribution in [1.29, 1.82) is 0 Å². The molecule has 18 nitrogen and oxygen atoms in total. The van der Waals surface area contributed by atoms with E-state index in [1.807, 2.05) is 20.8 Å². The van der Waals surface area contributed by atoms with E-state index >= 15 is 0 Å². The molecule has 0 radical (unpaired) electrons. The fourth-order valence-electron chi connectivity index (χ4n) is 11.0. The molecule has 0 saturated heterocycles. The lowest BCUT2D eigenvalue weighted by Crippen LogP contribution is -2.40. The minimum absolute atomic E-state index is 0.0302. The van der Waals surface area contributed by atoms with Gasteiger partial charge in [-0.2, -0.15) is 0 Å². The van der Waals surface area contributed by atoms with E-state index in [1.165, 1.54) is 36.4 Å². The minimum atomic E-state index is -0.983. The zero-order chi connectivity index (χ0) is 65.3. The molecule has 0 heterocycles. The third-order valence-electron chi connectivity index (χ3n) is 16.2. The van der Waals surface area contributed by atoms with Crippen LogP contribution in [-0.2, 0) is 43.0 Å². The summed E-state index contributed by atoms with van der Waals surface area (Å²) in [6.07, 6.45) is 25.9. The lowest BCUT2D eigenvalue weighted by atomic mass is 9.74. The Kier molecular flexibility index (Phi) is 37.1. The summed E-state index contributed by atoms with van der Waals surface area (Å²) < 4.78 is 17.1. The second kappa shape index (κ2) is 44.4. The van der Waals surface area contributed by atoms with Crippen LogP contribution in [0.15, 0.2) is 54.6 Å². The molecule has 0 bridgehead atoms. The average molecular weight is 1250 g/mol. The Morgan fingerprint density at radius 2 is 0.500 bits per heavy atom. The number of rotatable bonds is 45. The molecule has 6 amide bonds. The second-order valence-electron chi connectivity index (χ2n) is 24.4. The Labute approximate surface area is 536 Å². The van der Waals surface area contributed by atoms with Crippen molar-refractivity contribution in [3.8, 4) is 0 Å². The Hall–Kier alpha value is -7.11. The molecule has 4 rings (SSSR count). The van der Waals surface area contributed by atoms with E-state index in [-0.39, 0.29) is 127 Å². The molecular weight excluding hydrogens is 1140 g/mol. The maximum Gasteiger partial charge on any atom is 0.338 e. The van der Waals surface area contributed by atoms with Gasteiger partial charge >= 0.3 is 17.9 Å². The van der Waals surface area contributed by atoms with Crippen molar-refractivity contribution in [3.05, 3.63) is 71.3 Å². The average Bonchev–Trinajstić information content (AvgIpc) is 1.26. The zero-order valence-electron chi connectivity index (χ0n) is 55.3. The van der Waals surface area contributed by atoms with Crippen LogP contribution in [0, 0.1) is 17.8 Å². The molecule has 1 aliphatic carbocycles. The second-order valence-corrected chi connectivity index (χ2v) is 24.4. The maximum atomic E-state index is 14.8. The zero-order valence-corrected chi connectivity index (χ0v) is 55.3. The monoisotopic (exact) mass is 1250 g/mol. The van der Waals surface area contributed by atoms with E-state index in [1.54, 1.807) is 18.2 Å².